The van der Waals surface area contributed by atoms with E-state index in [-0.39, 0.29) is 54.2 Å². The average molecular weight is 513 g/mol. The van der Waals surface area contributed by atoms with Crippen molar-refractivity contribution < 1.29 is 34.2 Å². The summed E-state index contributed by atoms with van der Waals surface area (Å²) in [6.07, 6.45) is 1.78. The topological polar surface area (TPSA) is 126 Å². The first-order valence-corrected chi connectivity index (χ1v) is 13.4. The zero-order valence-corrected chi connectivity index (χ0v) is 23.1. The first-order valence-electron chi connectivity index (χ1n) is 13.4. The van der Waals surface area contributed by atoms with Crippen LogP contribution in [0, 0.1) is 39.4 Å². The fourth-order valence-corrected chi connectivity index (χ4v) is 8.51. The second-order valence-electron chi connectivity index (χ2n) is 13.3. The van der Waals surface area contributed by atoms with Crippen LogP contribution in [0.25, 0.3) is 0 Å². The van der Waals surface area contributed by atoms with Gasteiger partial charge in [0.2, 0.25) is 0 Å². The second-order valence-corrected chi connectivity index (χ2v) is 13.3. The quantitative estimate of drug-likeness (QED) is 0.527. The summed E-state index contributed by atoms with van der Waals surface area (Å²) in [4.78, 5) is 64.5. The Hall–Kier alpha value is -2.41. The van der Waals surface area contributed by atoms with E-state index in [2.05, 4.69) is 0 Å². The number of carbonyl (C=O) groups is 5. The highest BCUT2D eigenvalue weighted by Crippen LogP contribution is 2.70. The molecular formula is C30H40O7. The number of aliphatic carboxylic acids is 1. The maximum absolute atomic E-state index is 14.0. The minimum Gasteiger partial charge on any atom is -0.481 e. The van der Waals surface area contributed by atoms with E-state index in [1.54, 1.807) is 6.92 Å². The monoisotopic (exact) mass is 512 g/mol. The van der Waals surface area contributed by atoms with Crippen molar-refractivity contribution >= 4 is 29.1 Å². The lowest BCUT2D eigenvalue weighted by atomic mass is 9.42. The minimum absolute atomic E-state index is 0.0497. The van der Waals surface area contributed by atoms with Crippen LogP contribution < -0.4 is 0 Å². The number of carboxylic acid groups (broad SMARTS) is 1. The number of carbonyl (C=O) groups excluding carboxylic acids is 4. The van der Waals surface area contributed by atoms with Crippen molar-refractivity contribution in [3.63, 3.8) is 0 Å². The Morgan fingerprint density at radius 2 is 1.70 bits per heavy atom. The van der Waals surface area contributed by atoms with Gasteiger partial charge >= 0.3 is 5.97 Å². The molecule has 7 atom stereocenters. The van der Waals surface area contributed by atoms with Crippen LogP contribution in [0.15, 0.2) is 22.8 Å². The highest BCUT2D eigenvalue weighted by Gasteiger charge is 2.70. The summed E-state index contributed by atoms with van der Waals surface area (Å²) in [6.45, 7) is 12.9. The van der Waals surface area contributed by atoms with Crippen LogP contribution in [0.1, 0.15) is 87.0 Å². The molecule has 202 valence electrons. The number of Topliss-reactive ketones (excluding diaryl/α,β-unsaturated/α-hetero) is 3. The molecule has 0 aromatic rings. The highest BCUT2D eigenvalue weighted by atomic mass is 16.4. The normalized spacial score (nSPS) is 40.2. The molecule has 0 amide bonds. The lowest BCUT2D eigenvalue weighted by molar-refractivity contribution is -0.146. The zero-order valence-electron chi connectivity index (χ0n) is 23.1. The van der Waals surface area contributed by atoms with E-state index in [0.29, 0.717) is 36.0 Å². The summed E-state index contributed by atoms with van der Waals surface area (Å²) in [5, 5.41) is 20.7. The van der Waals surface area contributed by atoms with Crippen molar-refractivity contribution in [2.24, 2.45) is 39.4 Å². The van der Waals surface area contributed by atoms with E-state index in [4.69, 9.17) is 5.11 Å². The van der Waals surface area contributed by atoms with Crippen LogP contribution in [-0.4, -0.2) is 45.4 Å². The Balaban J connectivity index is 1.81. The number of hydrogen-bond donors (Lipinski definition) is 2. The molecule has 4 rings (SSSR count). The molecule has 0 aromatic heterocycles. The Morgan fingerprint density at radius 3 is 2.30 bits per heavy atom. The van der Waals surface area contributed by atoms with Gasteiger partial charge in [0, 0.05) is 42.1 Å². The predicted octanol–water partition coefficient (Wildman–Crippen LogP) is 4.26. The van der Waals surface area contributed by atoms with Crippen molar-refractivity contribution in [2.75, 3.05) is 0 Å². The highest BCUT2D eigenvalue weighted by molar-refractivity contribution is 6.06. The van der Waals surface area contributed by atoms with Crippen LogP contribution in [0.2, 0.25) is 0 Å². The van der Waals surface area contributed by atoms with Crippen LogP contribution in [0.3, 0.4) is 0 Å². The fraction of sp³-hybridized carbons (Fsp3) is 0.700. The fourth-order valence-electron chi connectivity index (χ4n) is 8.51. The Morgan fingerprint density at radius 1 is 1.08 bits per heavy atom. The van der Waals surface area contributed by atoms with Gasteiger partial charge in [-0.15, -0.1) is 0 Å². The molecule has 4 aliphatic carbocycles. The zero-order chi connectivity index (χ0) is 27.9. The minimum atomic E-state index is -1.08. The number of rotatable bonds is 5. The molecule has 0 radical (unpaired) electrons. The molecule has 7 nitrogen and oxygen atoms in total. The molecule has 4 aliphatic rings. The molecule has 7 heteroatoms. The van der Waals surface area contributed by atoms with E-state index in [1.807, 2.05) is 34.6 Å². The largest absolute Gasteiger partial charge is 0.481 e. The summed E-state index contributed by atoms with van der Waals surface area (Å²) in [6, 6.07) is 0. The van der Waals surface area contributed by atoms with Crippen molar-refractivity contribution in [1.29, 1.82) is 0 Å². The average Bonchev–Trinajstić information content (AvgIpc) is 2.99. The maximum Gasteiger partial charge on any atom is 0.306 e. The Labute approximate surface area is 218 Å². The second kappa shape index (κ2) is 8.55. The third-order valence-corrected chi connectivity index (χ3v) is 10.9. The first kappa shape index (κ1) is 27.6. The summed E-state index contributed by atoms with van der Waals surface area (Å²) >= 11 is 0. The maximum atomic E-state index is 14.0. The van der Waals surface area contributed by atoms with Gasteiger partial charge in [0.25, 0.3) is 0 Å². The Bertz CT molecular complexity index is 1170. The van der Waals surface area contributed by atoms with Gasteiger partial charge in [0.1, 0.15) is 11.6 Å². The molecule has 0 unspecified atom stereocenters. The first-order chi connectivity index (χ1) is 16.9. The van der Waals surface area contributed by atoms with Crippen LogP contribution in [-0.2, 0) is 24.0 Å². The molecule has 2 saturated carbocycles. The van der Waals surface area contributed by atoms with E-state index in [1.165, 1.54) is 13.0 Å². The van der Waals surface area contributed by atoms with E-state index in [0.717, 1.165) is 0 Å². The molecule has 0 heterocycles. The van der Waals surface area contributed by atoms with Crippen molar-refractivity contribution in [3.05, 3.63) is 22.8 Å². The van der Waals surface area contributed by atoms with E-state index in [9.17, 15) is 29.1 Å². The van der Waals surface area contributed by atoms with Gasteiger partial charge in [-0.2, -0.15) is 0 Å². The van der Waals surface area contributed by atoms with Crippen LogP contribution >= 0.6 is 0 Å². The molecule has 0 bridgehead atoms. The number of fused-ring (bicyclic) bond motifs is 4. The molecule has 0 aromatic carbocycles. The summed E-state index contributed by atoms with van der Waals surface area (Å²) in [7, 11) is 0. The van der Waals surface area contributed by atoms with Crippen molar-refractivity contribution in [3.8, 4) is 0 Å². The van der Waals surface area contributed by atoms with Gasteiger partial charge in [0.15, 0.2) is 11.6 Å². The smallest absolute Gasteiger partial charge is 0.306 e. The number of carboxylic acids is 1. The molecule has 2 fully saturated rings. The molecule has 0 spiro atoms. The van der Waals surface area contributed by atoms with E-state index < -0.39 is 39.7 Å². The molecule has 37 heavy (non-hydrogen) atoms. The van der Waals surface area contributed by atoms with Crippen LogP contribution in [0.5, 0.6) is 0 Å². The van der Waals surface area contributed by atoms with Gasteiger partial charge in [-0.1, -0.05) is 40.2 Å². The third-order valence-electron chi connectivity index (χ3n) is 10.9. The van der Waals surface area contributed by atoms with Gasteiger partial charge in [-0.25, -0.2) is 0 Å². The summed E-state index contributed by atoms with van der Waals surface area (Å²) in [5.41, 5.74) is -1.43. The van der Waals surface area contributed by atoms with E-state index >= 15 is 0 Å². The van der Waals surface area contributed by atoms with Gasteiger partial charge in [-0.3, -0.25) is 24.0 Å². The number of allylic oxidation sites excluding steroid dienone is 3. The summed E-state index contributed by atoms with van der Waals surface area (Å²) in [5.74, 6) is -2.74. The molecule has 2 N–H and O–H groups in total. The summed E-state index contributed by atoms with van der Waals surface area (Å²) < 4.78 is 0. The number of hydrogen-bond acceptors (Lipinski definition) is 6. The predicted molar refractivity (Wildman–Crippen MR) is 136 cm³/mol. The molecule has 0 aliphatic heterocycles. The van der Waals surface area contributed by atoms with Gasteiger partial charge < -0.3 is 10.2 Å². The Kier molecular flexibility index (Phi) is 6.38. The standard InChI is InChI=1S/C30H40O7/c1-15(10-17(31)11-16(2)26(36)37)18-12-23(35)30(7)25-19(32)13-21-27(3,4)22(34)8-9-28(21,5)24(25)20(33)14-29(18,30)6/h10,16,18-19,21,32H,8-9,11-14H2,1-7H3,(H,36,37)/b15-10-/t16-,18-,19-,21-,28-,29+,30-/m0/s1. The van der Waals surface area contributed by atoms with Gasteiger partial charge in [-0.05, 0) is 55.6 Å². The van der Waals surface area contributed by atoms with Gasteiger partial charge in [0.05, 0.1) is 17.4 Å². The lowest BCUT2D eigenvalue weighted by Gasteiger charge is -2.60. The SMILES string of the molecule is C/C(=C/C(=O)C[C@H](C)C(=O)O)[C@@H]1CC(=O)[C@@]2(C)C3=C(C(=O)C[C@]12C)[C@@]1(C)CCC(=O)C(C)(C)[C@@H]1C[C@@H]3O. The van der Waals surface area contributed by atoms with Crippen molar-refractivity contribution in [2.45, 2.75) is 93.1 Å². The molecular weight excluding hydrogens is 472 g/mol. The van der Waals surface area contributed by atoms with Crippen LogP contribution in [0.4, 0.5) is 0 Å². The number of ketones is 4. The number of aliphatic hydroxyl groups is 1. The molecule has 0 saturated heterocycles. The number of aliphatic hydroxyl groups excluding tert-OH is 1. The third kappa shape index (κ3) is 3.67. The lowest BCUT2D eigenvalue weighted by Crippen LogP contribution is -2.59. The van der Waals surface area contributed by atoms with Crippen molar-refractivity contribution in [1.82, 2.24) is 0 Å².